The van der Waals surface area contributed by atoms with Crippen LogP contribution in [0.4, 0.5) is 11.4 Å². The zero-order valence-corrected chi connectivity index (χ0v) is 15.6. The van der Waals surface area contributed by atoms with Gasteiger partial charge in [0.05, 0.1) is 5.56 Å². The van der Waals surface area contributed by atoms with Crippen molar-refractivity contribution in [2.24, 2.45) is 0 Å². The summed E-state index contributed by atoms with van der Waals surface area (Å²) in [5, 5.41) is 2.71. The second-order valence-corrected chi connectivity index (χ2v) is 7.16. The van der Waals surface area contributed by atoms with E-state index < -0.39 is 11.9 Å². The highest BCUT2D eigenvalue weighted by Crippen LogP contribution is 2.25. The van der Waals surface area contributed by atoms with Gasteiger partial charge in [-0.25, -0.2) is 4.79 Å². The Morgan fingerprint density at radius 1 is 1.00 bits per heavy atom. The number of anilines is 2. The third-order valence-electron chi connectivity index (χ3n) is 5.18. The molecule has 2 aliphatic rings. The van der Waals surface area contributed by atoms with Crippen LogP contribution in [0, 0.1) is 0 Å². The summed E-state index contributed by atoms with van der Waals surface area (Å²) < 4.78 is 5.15. The lowest BCUT2D eigenvalue weighted by Crippen LogP contribution is -2.24. The third kappa shape index (κ3) is 3.91. The van der Waals surface area contributed by atoms with Gasteiger partial charge in [0.25, 0.3) is 5.91 Å². The van der Waals surface area contributed by atoms with Crippen LogP contribution in [0.5, 0.6) is 0 Å². The van der Waals surface area contributed by atoms with Gasteiger partial charge in [0.15, 0.2) is 6.61 Å². The molecule has 4 rings (SSSR count). The quantitative estimate of drug-likeness (QED) is 0.811. The summed E-state index contributed by atoms with van der Waals surface area (Å²) in [5.74, 6) is -0.826. The number of esters is 1. The molecule has 1 N–H and O–H groups in total. The first-order valence-corrected chi connectivity index (χ1v) is 9.59. The second-order valence-electron chi connectivity index (χ2n) is 7.16. The minimum Gasteiger partial charge on any atom is -0.452 e. The summed E-state index contributed by atoms with van der Waals surface area (Å²) in [4.78, 5) is 38.0. The highest BCUT2D eigenvalue weighted by molar-refractivity contribution is 5.98. The maximum absolute atomic E-state index is 12.2. The van der Waals surface area contributed by atoms with Crippen LogP contribution in [0.3, 0.4) is 0 Å². The number of hydrogen-bond donors (Lipinski definition) is 1. The van der Waals surface area contributed by atoms with Crippen molar-refractivity contribution in [3.05, 3.63) is 59.2 Å². The van der Waals surface area contributed by atoms with Gasteiger partial charge in [0, 0.05) is 24.3 Å². The summed E-state index contributed by atoms with van der Waals surface area (Å²) in [6.07, 6.45) is 4.53. The van der Waals surface area contributed by atoms with Crippen molar-refractivity contribution >= 4 is 29.2 Å². The van der Waals surface area contributed by atoms with E-state index in [4.69, 9.17) is 4.74 Å². The van der Waals surface area contributed by atoms with Gasteiger partial charge in [-0.1, -0.05) is 12.1 Å². The third-order valence-corrected chi connectivity index (χ3v) is 5.18. The van der Waals surface area contributed by atoms with Crippen molar-refractivity contribution < 1.29 is 19.1 Å². The van der Waals surface area contributed by atoms with Crippen molar-refractivity contribution in [1.82, 2.24) is 0 Å². The molecule has 0 atom stereocenters. The number of nitrogens with zero attached hydrogens (tertiary/aromatic N) is 1. The first-order chi connectivity index (χ1) is 13.6. The Balaban J connectivity index is 1.33. The van der Waals surface area contributed by atoms with Crippen LogP contribution in [0.1, 0.15) is 40.7 Å². The van der Waals surface area contributed by atoms with Gasteiger partial charge < -0.3 is 15.0 Å². The molecule has 0 radical (unpaired) electrons. The van der Waals surface area contributed by atoms with Crippen LogP contribution in [0.25, 0.3) is 0 Å². The molecule has 1 aliphatic heterocycles. The Kier molecular flexibility index (Phi) is 5.10. The minimum absolute atomic E-state index is 0.0896. The molecule has 2 amide bonds. The number of ether oxygens (including phenoxy) is 1. The molecule has 0 spiro atoms. The van der Waals surface area contributed by atoms with Crippen LogP contribution in [-0.4, -0.2) is 30.9 Å². The molecule has 2 aromatic carbocycles. The van der Waals surface area contributed by atoms with E-state index in [-0.39, 0.29) is 12.5 Å². The molecule has 28 heavy (non-hydrogen) atoms. The van der Waals surface area contributed by atoms with Gasteiger partial charge in [-0.05, 0) is 67.1 Å². The SMILES string of the molecule is O=C(COC(=O)c1ccc2c(c1)CCC2)Nc1cccc(N2CCCC2=O)c1. The Hall–Kier alpha value is -3.15. The molecule has 6 nitrogen and oxygen atoms in total. The lowest BCUT2D eigenvalue weighted by molar-refractivity contribution is -0.119. The van der Waals surface area contributed by atoms with E-state index in [2.05, 4.69) is 5.32 Å². The molecule has 1 aliphatic carbocycles. The topological polar surface area (TPSA) is 75.7 Å². The number of carbonyl (C=O) groups excluding carboxylic acids is 3. The molecule has 6 heteroatoms. The van der Waals surface area contributed by atoms with E-state index in [1.54, 1.807) is 29.2 Å². The molecule has 144 valence electrons. The summed E-state index contributed by atoms with van der Waals surface area (Å²) in [7, 11) is 0. The van der Waals surface area contributed by atoms with Crippen molar-refractivity contribution in [3.8, 4) is 0 Å². The molecule has 0 saturated carbocycles. The number of nitrogens with one attached hydrogen (secondary N) is 1. The molecule has 1 fully saturated rings. The van der Waals surface area contributed by atoms with Crippen molar-refractivity contribution in [2.75, 3.05) is 23.4 Å². The fourth-order valence-electron chi connectivity index (χ4n) is 3.78. The van der Waals surface area contributed by atoms with Crippen LogP contribution < -0.4 is 10.2 Å². The maximum atomic E-state index is 12.2. The molecule has 2 aromatic rings. The molecule has 0 bridgehead atoms. The fourth-order valence-corrected chi connectivity index (χ4v) is 3.78. The number of rotatable bonds is 5. The number of amides is 2. The molecular formula is C22H22N2O4. The molecule has 1 saturated heterocycles. The normalized spacial score (nSPS) is 15.4. The molecule has 1 heterocycles. The predicted molar refractivity (Wildman–Crippen MR) is 105 cm³/mol. The van der Waals surface area contributed by atoms with Gasteiger partial charge in [0.1, 0.15) is 0 Å². The maximum Gasteiger partial charge on any atom is 0.338 e. The predicted octanol–water partition coefficient (Wildman–Crippen LogP) is 3.10. The van der Waals surface area contributed by atoms with Crippen molar-refractivity contribution in [2.45, 2.75) is 32.1 Å². The molecule has 0 aromatic heterocycles. The van der Waals surface area contributed by atoms with Gasteiger partial charge >= 0.3 is 5.97 Å². The van der Waals surface area contributed by atoms with E-state index in [0.29, 0.717) is 24.2 Å². The average Bonchev–Trinajstić information content (AvgIpc) is 3.34. The summed E-state index contributed by atoms with van der Waals surface area (Å²) in [6.45, 7) is 0.331. The second kappa shape index (κ2) is 7.84. The summed E-state index contributed by atoms with van der Waals surface area (Å²) in [5.41, 5.74) is 4.27. The first-order valence-electron chi connectivity index (χ1n) is 9.59. The standard InChI is InChI=1S/C22H22N2O4/c25-20(14-28-22(27)17-10-9-15-4-1-5-16(15)12-17)23-18-6-2-7-19(13-18)24-11-3-8-21(24)26/h2,6-7,9-10,12-13H,1,3-5,8,11,14H2,(H,23,25). The van der Waals surface area contributed by atoms with Crippen LogP contribution in [0.15, 0.2) is 42.5 Å². The molecule has 0 unspecified atom stereocenters. The van der Waals surface area contributed by atoms with Gasteiger partial charge in [-0.2, -0.15) is 0 Å². The number of benzene rings is 2. The fraction of sp³-hybridized carbons (Fsp3) is 0.318. The van der Waals surface area contributed by atoms with Crippen LogP contribution in [0.2, 0.25) is 0 Å². The van der Waals surface area contributed by atoms with Gasteiger partial charge in [-0.3, -0.25) is 9.59 Å². The Morgan fingerprint density at radius 2 is 1.86 bits per heavy atom. The number of carbonyl (C=O) groups is 3. The zero-order chi connectivity index (χ0) is 19.5. The lowest BCUT2D eigenvalue weighted by atomic mass is 10.1. The Labute approximate surface area is 163 Å². The van der Waals surface area contributed by atoms with Crippen LogP contribution in [-0.2, 0) is 27.2 Å². The lowest BCUT2D eigenvalue weighted by Gasteiger charge is -2.16. The number of aryl methyl sites for hydroxylation is 2. The summed E-state index contributed by atoms with van der Waals surface area (Å²) >= 11 is 0. The van der Waals surface area contributed by atoms with E-state index in [1.165, 1.54) is 11.1 Å². The van der Waals surface area contributed by atoms with Gasteiger partial charge in [-0.15, -0.1) is 0 Å². The van der Waals surface area contributed by atoms with E-state index in [1.807, 2.05) is 18.2 Å². The van der Waals surface area contributed by atoms with Crippen LogP contribution >= 0.6 is 0 Å². The molecular weight excluding hydrogens is 356 g/mol. The average molecular weight is 378 g/mol. The Bertz CT molecular complexity index is 938. The summed E-state index contributed by atoms with van der Waals surface area (Å²) in [6, 6.07) is 12.7. The zero-order valence-electron chi connectivity index (χ0n) is 15.6. The van der Waals surface area contributed by atoms with E-state index >= 15 is 0 Å². The van der Waals surface area contributed by atoms with E-state index in [0.717, 1.165) is 31.4 Å². The van der Waals surface area contributed by atoms with Crippen molar-refractivity contribution in [3.63, 3.8) is 0 Å². The number of hydrogen-bond acceptors (Lipinski definition) is 4. The highest BCUT2D eigenvalue weighted by Gasteiger charge is 2.22. The van der Waals surface area contributed by atoms with Crippen molar-refractivity contribution in [1.29, 1.82) is 0 Å². The van der Waals surface area contributed by atoms with E-state index in [9.17, 15) is 14.4 Å². The highest BCUT2D eigenvalue weighted by atomic mass is 16.5. The smallest absolute Gasteiger partial charge is 0.338 e. The monoisotopic (exact) mass is 378 g/mol. The van der Waals surface area contributed by atoms with Gasteiger partial charge in [0.2, 0.25) is 5.91 Å². The largest absolute Gasteiger partial charge is 0.452 e. The minimum atomic E-state index is -0.499. The Morgan fingerprint density at radius 3 is 2.68 bits per heavy atom. The number of fused-ring (bicyclic) bond motifs is 1. The first kappa shape index (κ1) is 18.2.